The van der Waals surface area contributed by atoms with Gasteiger partial charge >= 0.3 is 0 Å². The number of nitrogens with zero attached hydrogens (tertiary/aromatic N) is 2. The molecular weight excluding hydrogens is 260 g/mol. The van der Waals surface area contributed by atoms with E-state index in [9.17, 15) is 4.79 Å². The van der Waals surface area contributed by atoms with Crippen LogP contribution in [0.15, 0.2) is 18.2 Å². The molecule has 3 rings (SSSR count). The molecule has 2 aromatic rings. The first-order valence-corrected chi connectivity index (χ1v) is 6.81. The first kappa shape index (κ1) is 12.0. The zero-order valence-electron chi connectivity index (χ0n) is 10.5. The van der Waals surface area contributed by atoms with Crippen LogP contribution in [0.4, 0.5) is 15.8 Å². The summed E-state index contributed by atoms with van der Waals surface area (Å²) in [6, 6.07) is 5.93. The smallest absolute Gasteiger partial charge is 0.223 e. The number of fused-ring (bicyclic) bond motifs is 1. The normalized spacial score (nSPS) is 13.6. The highest BCUT2D eigenvalue weighted by Crippen LogP contribution is 2.36. The summed E-state index contributed by atoms with van der Waals surface area (Å²) in [6.45, 7) is 2.32. The third kappa shape index (κ3) is 1.94. The molecule has 2 heterocycles. The first-order chi connectivity index (χ1) is 9.06. The molecule has 5 nitrogen and oxygen atoms in total. The summed E-state index contributed by atoms with van der Waals surface area (Å²) in [5.74, 6) is 0.0731. The van der Waals surface area contributed by atoms with Crippen LogP contribution in [0.1, 0.15) is 12.5 Å². The monoisotopic (exact) mass is 274 g/mol. The van der Waals surface area contributed by atoms with E-state index in [0.717, 1.165) is 35.5 Å². The number of nitrogens with two attached hydrogens (primary N) is 2. The van der Waals surface area contributed by atoms with Gasteiger partial charge in [0.2, 0.25) is 5.91 Å². The molecule has 0 fully saturated rings. The van der Waals surface area contributed by atoms with E-state index in [1.807, 2.05) is 18.2 Å². The van der Waals surface area contributed by atoms with Crippen LogP contribution >= 0.6 is 11.3 Å². The fraction of sp³-hybridized carbons (Fsp3) is 0.231. The van der Waals surface area contributed by atoms with E-state index in [4.69, 9.17) is 11.5 Å². The van der Waals surface area contributed by atoms with Crippen molar-refractivity contribution in [1.82, 2.24) is 4.98 Å². The molecule has 1 aromatic carbocycles. The maximum absolute atomic E-state index is 11.5. The molecule has 6 heteroatoms. The average molecular weight is 274 g/mol. The highest BCUT2D eigenvalue weighted by Gasteiger charge is 2.23. The second-order valence-electron chi connectivity index (χ2n) is 4.53. The van der Waals surface area contributed by atoms with Crippen molar-refractivity contribution in [2.45, 2.75) is 13.3 Å². The minimum atomic E-state index is 0.0731. The fourth-order valence-corrected chi connectivity index (χ4v) is 3.05. The Morgan fingerprint density at radius 2 is 2.21 bits per heavy atom. The second-order valence-corrected chi connectivity index (χ2v) is 5.59. The maximum Gasteiger partial charge on any atom is 0.223 e. The van der Waals surface area contributed by atoms with Gasteiger partial charge in [-0.1, -0.05) is 17.4 Å². The number of benzene rings is 1. The third-order valence-corrected chi connectivity index (χ3v) is 4.01. The van der Waals surface area contributed by atoms with Crippen molar-refractivity contribution >= 4 is 33.1 Å². The van der Waals surface area contributed by atoms with Gasteiger partial charge in [0.05, 0.1) is 0 Å². The van der Waals surface area contributed by atoms with Crippen molar-refractivity contribution in [3.05, 3.63) is 23.8 Å². The summed E-state index contributed by atoms with van der Waals surface area (Å²) < 4.78 is 0. The van der Waals surface area contributed by atoms with E-state index in [1.165, 1.54) is 11.3 Å². The molecule has 0 bridgehead atoms. The van der Waals surface area contributed by atoms with Crippen LogP contribution in [0.2, 0.25) is 0 Å². The number of carbonyl (C=O) groups is 1. The van der Waals surface area contributed by atoms with Crippen LogP contribution in [-0.4, -0.2) is 17.4 Å². The van der Waals surface area contributed by atoms with E-state index >= 15 is 0 Å². The van der Waals surface area contributed by atoms with Gasteiger partial charge in [-0.25, -0.2) is 4.98 Å². The van der Waals surface area contributed by atoms with Crippen LogP contribution in [0, 0.1) is 0 Å². The molecule has 0 saturated heterocycles. The van der Waals surface area contributed by atoms with E-state index in [0.29, 0.717) is 10.1 Å². The number of thiazole rings is 1. The number of nitrogen functional groups attached to an aromatic ring is 2. The van der Waals surface area contributed by atoms with Crippen LogP contribution in [0.3, 0.4) is 0 Å². The largest absolute Gasteiger partial charge is 0.389 e. The van der Waals surface area contributed by atoms with E-state index in [2.05, 4.69) is 4.98 Å². The zero-order valence-corrected chi connectivity index (χ0v) is 11.3. The summed E-state index contributed by atoms with van der Waals surface area (Å²) in [4.78, 5) is 17.5. The molecular formula is C13H14N4OS. The molecule has 0 spiro atoms. The minimum Gasteiger partial charge on any atom is -0.389 e. The van der Waals surface area contributed by atoms with Crippen LogP contribution < -0.4 is 16.4 Å². The average Bonchev–Trinajstić information content (AvgIpc) is 2.91. The summed E-state index contributed by atoms with van der Waals surface area (Å²) in [5.41, 5.74) is 15.4. The summed E-state index contributed by atoms with van der Waals surface area (Å²) in [6.07, 6.45) is 0.863. The van der Waals surface area contributed by atoms with Crippen molar-refractivity contribution < 1.29 is 4.79 Å². The van der Waals surface area contributed by atoms with Crippen molar-refractivity contribution in [2.75, 3.05) is 22.9 Å². The number of carbonyl (C=O) groups excluding carboxylic acids is 1. The van der Waals surface area contributed by atoms with Gasteiger partial charge in [0.1, 0.15) is 10.7 Å². The molecule has 98 valence electrons. The van der Waals surface area contributed by atoms with E-state index < -0.39 is 0 Å². The molecule has 1 aromatic heterocycles. The lowest BCUT2D eigenvalue weighted by molar-refractivity contribution is -0.116. The summed E-state index contributed by atoms with van der Waals surface area (Å²) in [7, 11) is 0. The van der Waals surface area contributed by atoms with Gasteiger partial charge in [-0.2, -0.15) is 0 Å². The highest BCUT2D eigenvalue weighted by atomic mass is 32.1. The highest BCUT2D eigenvalue weighted by molar-refractivity contribution is 7.19. The molecule has 1 amide bonds. The summed E-state index contributed by atoms with van der Waals surface area (Å²) >= 11 is 1.28. The Kier molecular flexibility index (Phi) is 2.67. The van der Waals surface area contributed by atoms with Crippen molar-refractivity contribution in [2.24, 2.45) is 0 Å². The van der Waals surface area contributed by atoms with Gasteiger partial charge in [0, 0.05) is 24.7 Å². The molecule has 1 aliphatic rings. The number of aromatic nitrogens is 1. The number of hydrogen-bond donors (Lipinski definition) is 2. The third-order valence-electron chi connectivity index (χ3n) is 3.30. The van der Waals surface area contributed by atoms with Crippen molar-refractivity contribution in [1.29, 1.82) is 0 Å². The van der Waals surface area contributed by atoms with Crippen LogP contribution in [0.25, 0.3) is 11.3 Å². The predicted molar refractivity (Wildman–Crippen MR) is 78.1 cm³/mol. The number of amides is 1. The minimum absolute atomic E-state index is 0.0731. The molecule has 4 N–H and O–H groups in total. The topological polar surface area (TPSA) is 85.2 Å². The summed E-state index contributed by atoms with van der Waals surface area (Å²) in [5, 5.41) is 1.09. The molecule has 0 unspecified atom stereocenters. The maximum atomic E-state index is 11.5. The van der Waals surface area contributed by atoms with Gasteiger partial charge in [0.25, 0.3) is 0 Å². The number of rotatable bonds is 1. The molecule has 0 aliphatic carbocycles. The van der Waals surface area contributed by atoms with Gasteiger partial charge < -0.3 is 16.4 Å². The Labute approximate surface area is 114 Å². The molecule has 1 aliphatic heterocycles. The van der Waals surface area contributed by atoms with Gasteiger partial charge in [-0.3, -0.25) is 4.79 Å². The van der Waals surface area contributed by atoms with Crippen molar-refractivity contribution in [3.63, 3.8) is 0 Å². The SMILES string of the molecule is CC(=O)N1CCc2cc(-c3nc(N)sc3N)ccc21. The molecule has 19 heavy (non-hydrogen) atoms. The Hall–Kier alpha value is -2.08. The van der Waals surface area contributed by atoms with E-state index in [1.54, 1.807) is 11.8 Å². The lowest BCUT2D eigenvalue weighted by Crippen LogP contribution is -2.25. The van der Waals surface area contributed by atoms with E-state index in [-0.39, 0.29) is 5.91 Å². The molecule has 0 saturated carbocycles. The Balaban J connectivity index is 2.04. The van der Waals surface area contributed by atoms with Crippen molar-refractivity contribution in [3.8, 4) is 11.3 Å². The predicted octanol–water partition coefficient (Wildman–Crippen LogP) is 1.88. The number of anilines is 3. The van der Waals surface area contributed by atoms with Crippen LogP contribution in [-0.2, 0) is 11.2 Å². The molecule has 0 atom stereocenters. The van der Waals surface area contributed by atoms with Gasteiger partial charge in [-0.05, 0) is 24.1 Å². The van der Waals surface area contributed by atoms with Crippen LogP contribution in [0.5, 0.6) is 0 Å². The standard InChI is InChI=1S/C13H14N4OS/c1-7(18)17-5-4-8-6-9(2-3-10(8)17)11-12(14)19-13(15)16-11/h2-3,6H,4-5,14H2,1H3,(H2,15,16). The number of hydrogen-bond acceptors (Lipinski definition) is 5. The first-order valence-electron chi connectivity index (χ1n) is 5.99. The van der Waals surface area contributed by atoms with Gasteiger partial charge in [0.15, 0.2) is 5.13 Å². The lowest BCUT2D eigenvalue weighted by atomic mass is 10.1. The Morgan fingerprint density at radius 1 is 1.42 bits per heavy atom. The zero-order chi connectivity index (χ0) is 13.6. The second kappa shape index (κ2) is 4.24. The quantitative estimate of drug-likeness (QED) is 0.831. The Bertz CT molecular complexity index is 665. The lowest BCUT2D eigenvalue weighted by Gasteiger charge is -2.14. The Morgan fingerprint density at radius 3 is 2.84 bits per heavy atom. The van der Waals surface area contributed by atoms with Gasteiger partial charge in [-0.15, -0.1) is 0 Å². The molecule has 0 radical (unpaired) electrons. The fourth-order valence-electron chi connectivity index (χ4n) is 2.43.